The van der Waals surface area contributed by atoms with Gasteiger partial charge in [0.05, 0.1) is 12.4 Å². The Labute approximate surface area is 125 Å². The molecule has 1 aromatic carbocycles. The number of benzene rings is 1. The summed E-state index contributed by atoms with van der Waals surface area (Å²) in [5, 5.41) is 8.93. The van der Waals surface area contributed by atoms with E-state index in [9.17, 15) is 0 Å². The second-order valence-corrected chi connectivity index (χ2v) is 4.45. The first-order valence-corrected chi connectivity index (χ1v) is 6.78. The van der Waals surface area contributed by atoms with Crippen molar-refractivity contribution >= 4 is 5.57 Å². The molecule has 0 saturated heterocycles. The van der Waals surface area contributed by atoms with Crippen LogP contribution in [0.5, 0.6) is 0 Å². The number of hydrogen-bond acceptors (Lipinski definition) is 2. The molecule has 0 aliphatic heterocycles. The van der Waals surface area contributed by atoms with Crippen LogP contribution in [0.15, 0.2) is 72.9 Å². The summed E-state index contributed by atoms with van der Waals surface area (Å²) in [4.78, 5) is 4.04. The lowest BCUT2D eigenvalue weighted by atomic mass is 10.0. The van der Waals surface area contributed by atoms with Gasteiger partial charge in [0.2, 0.25) is 0 Å². The Bertz CT molecular complexity index is 709. The zero-order valence-corrected chi connectivity index (χ0v) is 12.2. The Hall–Kier alpha value is -2.86. The standard InChI is InChI=1S/C18H17N3/c1-3-15(13-19)5-6-16(4-2)17-7-9-18(10-8-17)21-12-11-20-14-21/h3-12,14H,1-2H3/b6-5-,15-3+,16-4+. The monoisotopic (exact) mass is 275 g/mol. The third-order valence-corrected chi connectivity index (χ3v) is 3.20. The molecular formula is C18H17N3. The first kappa shape index (κ1) is 14.5. The van der Waals surface area contributed by atoms with Crippen molar-refractivity contribution in [3.63, 3.8) is 0 Å². The van der Waals surface area contributed by atoms with Gasteiger partial charge in [0, 0.05) is 23.7 Å². The van der Waals surface area contributed by atoms with E-state index in [2.05, 4.69) is 35.3 Å². The van der Waals surface area contributed by atoms with Gasteiger partial charge in [-0.2, -0.15) is 5.26 Å². The molecule has 2 aromatic rings. The summed E-state index contributed by atoms with van der Waals surface area (Å²) < 4.78 is 1.96. The summed E-state index contributed by atoms with van der Waals surface area (Å²) >= 11 is 0. The smallest absolute Gasteiger partial charge is 0.0991 e. The maximum Gasteiger partial charge on any atom is 0.0991 e. The summed E-state index contributed by atoms with van der Waals surface area (Å²) in [6.45, 7) is 3.85. The van der Waals surface area contributed by atoms with Crippen LogP contribution in [0.3, 0.4) is 0 Å². The van der Waals surface area contributed by atoms with Crippen molar-refractivity contribution in [1.82, 2.24) is 9.55 Å². The van der Waals surface area contributed by atoms with E-state index < -0.39 is 0 Å². The van der Waals surface area contributed by atoms with E-state index in [1.165, 1.54) is 0 Å². The highest BCUT2D eigenvalue weighted by atomic mass is 15.0. The molecule has 104 valence electrons. The minimum absolute atomic E-state index is 0.657. The van der Waals surface area contributed by atoms with Crippen molar-refractivity contribution in [3.8, 4) is 11.8 Å². The van der Waals surface area contributed by atoms with E-state index >= 15 is 0 Å². The van der Waals surface area contributed by atoms with E-state index in [4.69, 9.17) is 5.26 Å². The quantitative estimate of drug-likeness (QED) is 0.616. The molecule has 0 aliphatic rings. The van der Waals surface area contributed by atoms with Gasteiger partial charge in [0.25, 0.3) is 0 Å². The molecule has 21 heavy (non-hydrogen) atoms. The highest BCUT2D eigenvalue weighted by molar-refractivity contribution is 5.75. The lowest BCUT2D eigenvalue weighted by Crippen LogP contribution is -1.90. The van der Waals surface area contributed by atoms with Gasteiger partial charge in [-0.15, -0.1) is 0 Å². The van der Waals surface area contributed by atoms with Gasteiger partial charge in [0.15, 0.2) is 0 Å². The maximum atomic E-state index is 8.93. The third kappa shape index (κ3) is 3.58. The van der Waals surface area contributed by atoms with E-state index in [0.29, 0.717) is 5.57 Å². The first-order chi connectivity index (χ1) is 10.3. The fourth-order valence-electron chi connectivity index (χ4n) is 1.97. The zero-order valence-electron chi connectivity index (χ0n) is 12.2. The second kappa shape index (κ2) is 7.06. The van der Waals surface area contributed by atoms with E-state index in [1.807, 2.05) is 42.8 Å². The highest BCUT2D eigenvalue weighted by Crippen LogP contribution is 2.19. The van der Waals surface area contributed by atoms with Gasteiger partial charge in [-0.3, -0.25) is 0 Å². The summed E-state index contributed by atoms with van der Waals surface area (Å²) in [6, 6.07) is 10.4. The number of hydrogen-bond donors (Lipinski definition) is 0. The van der Waals surface area contributed by atoms with Gasteiger partial charge >= 0.3 is 0 Å². The van der Waals surface area contributed by atoms with Crippen LogP contribution in [0.2, 0.25) is 0 Å². The molecule has 0 N–H and O–H groups in total. The zero-order chi connectivity index (χ0) is 15.1. The fourth-order valence-corrected chi connectivity index (χ4v) is 1.97. The average molecular weight is 275 g/mol. The Morgan fingerprint density at radius 2 is 1.90 bits per heavy atom. The first-order valence-electron chi connectivity index (χ1n) is 6.78. The lowest BCUT2D eigenvalue weighted by Gasteiger charge is -2.05. The SMILES string of the molecule is C\C=C(C#N)/C=C\C(=C/C)c1ccc(-n2ccnc2)cc1. The number of aromatic nitrogens is 2. The van der Waals surface area contributed by atoms with E-state index in [-0.39, 0.29) is 0 Å². The predicted octanol–water partition coefficient (Wildman–Crippen LogP) is 4.30. The predicted molar refractivity (Wildman–Crippen MR) is 85.7 cm³/mol. The van der Waals surface area contributed by atoms with Gasteiger partial charge in [-0.25, -0.2) is 4.98 Å². The summed E-state index contributed by atoms with van der Waals surface area (Å²) in [5.74, 6) is 0. The van der Waals surface area contributed by atoms with Crippen LogP contribution in [0.4, 0.5) is 0 Å². The van der Waals surface area contributed by atoms with Crippen LogP contribution in [0.1, 0.15) is 19.4 Å². The molecule has 0 unspecified atom stereocenters. The van der Waals surface area contributed by atoms with Gasteiger partial charge in [0.1, 0.15) is 0 Å². The Kier molecular flexibility index (Phi) is 4.89. The molecule has 0 fully saturated rings. The fraction of sp³-hybridized carbons (Fsp3) is 0.111. The normalized spacial score (nSPS) is 12.6. The van der Waals surface area contributed by atoms with Crippen LogP contribution in [-0.4, -0.2) is 9.55 Å². The summed E-state index contributed by atoms with van der Waals surface area (Å²) in [5.41, 5.74) is 3.93. The van der Waals surface area contributed by atoms with Crippen molar-refractivity contribution in [2.75, 3.05) is 0 Å². The Morgan fingerprint density at radius 3 is 2.43 bits per heavy atom. The minimum Gasteiger partial charge on any atom is -0.306 e. The van der Waals surface area contributed by atoms with E-state index in [0.717, 1.165) is 16.8 Å². The van der Waals surface area contributed by atoms with Crippen molar-refractivity contribution in [2.24, 2.45) is 0 Å². The molecule has 0 radical (unpaired) electrons. The number of imidazole rings is 1. The molecule has 0 spiro atoms. The van der Waals surface area contributed by atoms with Crippen LogP contribution in [0, 0.1) is 11.3 Å². The number of nitriles is 1. The molecule has 3 heteroatoms. The topological polar surface area (TPSA) is 41.6 Å². The molecule has 2 rings (SSSR count). The molecule has 0 bridgehead atoms. The van der Waals surface area contributed by atoms with Gasteiger partial charge in [-0.05, 0) is 43.2 Å². The van der Waals surface area contributed by atoms with Crippen molar-refractivity contribution in [3.05, 3.63) is 78.4 Å². The molecule has 0 amide bonds. The van der Waals surface area contributed by atoms with Gasteiger partial charge in [-0.1, -0.05) is 30.4 Å². The van der Waals surface area contributed by atoms with Crippen LogP contribution in [0.25, 0.3) is 11.3 Å². The minimum atomic E-state index is 0.657. The van der Waals surface area contributed by atoms with Crippen molar-refractivity contribution in [1.29, 1.82) is 5.26 Å². The Morgan fingerprint density at radius 1 is 1.14 bits per heavy atom. The molecule has 0 atom stereocenters. The summed E-state index contributed by atoms with van der Waals surface area (Å²) in [7, 11) is 0. The number of rotatable bonds is 4. The number of nitrogens with zero attached hydrogens (tertiary/aromatic N) is 3. The molecule has 0 saturated carbocycles. The van der Waals surface area contributed by atoms with Crippen LogP contribution < -0.4 is 0 Å². The number of allylic oxidation sites excluding steroid dienone is 6. The highest BCUT2D eigenvalue weighted by Gasteiger charge is 1.99. The van der Waals surface area contributed by atoms with E-state index in [1.54, 1.807) is 18.6 Å². The second-order valence-electron chi connectivity index (χ2n) is 4.45. The molecule has 3 nitrogen and oxygen atoms in total. The molecular weight excluding hydrogens is 258 g/mol. The molecule has 0 aliphatic carbocycles. The van der Waals surface area contributed by atoms with Gasteiger partial charge < -0.3 is 4.57 Å². The van der Waals surface area contributed by atoms with Crippen molar-refractivity contribution in [2.45, 2.75) is 13.8 Å². The molecule has 1 aromatic heterocycles. The third-order valence-electron chi connectivity index (χ3n) is 3.20. The lowest BCUT2D eigenvalue weighted by molar-refractivity contribution is 1.06. The Balaban J connectivity index is 2.23. The molecule has 1 heterocycles. The van der Waals surface area contributed by atoms with Crippen LogP contribution >= 0.6 is 0 Å². The summed E-state index contributed by atoms with van der Waals surface area (Å²) in [6.07, 6.45) is 13.1. The van der Waals surface area contributed by atoms with Crippen molar-refractivity contribution < 1.29 is 0 Å². The maximum absolute atomic E-state index is 8.93. The largest absolute Gasteiger partial charge is 0.306 e. The van der Waals surface area contributed by atoms with Crippen LogP contribution in [-0.2, 0) is 0 Å². The average Bonchev–Trinajstić information content (AvgIpc) is 3.07.